The van der Waals surface area contributed by atoms with E-state index in [-0.39, 0.29) is 11.8 Å². The van der Waals surface area contributed by atoms with Crippen molar-refractivity contribution in [1.29, 1.82) is 0 Å². The number of hydrogen-bond acceptors (Lipinski definition) is 2. The molecule has 0 atom stereocenters. The van der Waals surface area contributed by atoms with Gasteiger partial charge in [-0.3, -0.25) is 9.79 Å². The fourth-order valence-corrected chi connectivity index (χ4v) is 3.00. The molecule has 1 aromatic carbocycles. The molecule has 0 bridgehead atoms. The zero-order valence-corrected chi connectivity index (χ0v) is 16.0. The van der Waals surface area contributed by atoms with Crippen LogP contribution in [-0.2, 0) is 11.3 Å². The van der Waals surface area contributed by atoms with Gasteiger partial charge in [0, 0.05) is 31.7 Å². The lowest BCUT2D eigenvalue weighted by molar-refractivity contribution is -0.118. The number of aliphatic imine (C=N–C) groups is 1. The van der Waals surface area contributed by atoms with Crippen LogP contribution >= 0.6 is 0 Å². The topological polar surface area (TPSA) is 65.5 Å². The number of amides is 1. The van der Waals surface area contributed by atoms with Crippen LogP contribution in [0.1, 0.15) is 52.0 Å². The predicted molar refractivity (Wildman–Crippen MR) is 105 cm³/mol. The van der Waals surface area contributed by atoms with Crippen molar-refractivity contribution in [3.8, 4) is 0 Å². The summed E-state index contributed by atoms with van der Waals surface area (Å²) in [4.78, 5) is 16.0. The van der Waals surface area contributed by atoms with Gasteiger partial charge >= 0.3 is 0 Å². The molecule has 0 aliphatic heterocycles. The summed E-state index contributed by atoms with van der Waals surface area (Å²) in [5.74, 6) is 0.867. The summed E-state index contributed by atoms with van der Waals surface area (Å²) < 4.78 is 0. The van der Waals surface area contributed by atoms with Gasteiger partial charge in [-0.1, -0.05) is 39.3 Å². The smallest absolute Gasteiger partial charge is 0.226 e. The molecule has 0 radical (unpaired) electrons. The number of carbonyl (C=O) groups excluding carboxylic acids is 1. The summed E-state index contributed by atoms with van der Waals surface area (Å²) in [6, 6.07) is 7.92. The van der Waals surface area contributed by atoms with Gasteiger partial charge < -0.3 is 16.0 Å². The van der Waals surface area contributed by atoms with E-state index in [0.29, 0.717) is 12.0 Å². The van der Waals surface area contributed by atoms with Crippen molar-refractivity contribution in [2.45, 2.75) is 53.0 Å². The highest BCUT2D eigenvalue weighted by molar-refractivity contribution is 5.92. The summed E-state index contributed by atoms with van der Waals surface area (Å²) in [5, 5.41) is 9.73. The van der Waals surface area contributed by atoms with E-state index in [1.165, 1.54) is 25.7 Å². The lowest BCUT2D eigenvalue weighted by atomic mass is 9.67. The molecule has 25 heavy (non-hydrogen) atoms. The zero-order valence-electron chi connectivity index (χ0n) is 16.0. The number of rotatable bonds is 7. The van der Waals surface area contributed by atoms with Crippen molar-refractivity contribution >= 4 is 17.6 Å². The lowest BCUT2D eigenvalue weighted by Crippen LogP contribution is -2.46. The zero-order chi connectivity index (χ0) is 18.3. The van der Waals surface area contributed by atoms with Crippen molar-refractivity contribution in [2.75, 3.05) is 18.9 Å². The first-order chi connectivity index (χ1) is 12.0. The molecule has 0 spiro atoms. The second-order valence-corrected chi connectivity index (χ2v) is 7.33. The molecule has 1 saturated carbocycles. The van der Waals surface area contributed by atoms with Crippen molar-refractivity contribution < 1.29 is 4.79 Å². The molecular weight excluding hydrogens is 312 g/mol. The Labute approximate surface area is 151 Å². The number of nitrogens with zero attached hydrogens (tertiary/aromatic N) is 1. The monoisotopic (exact) mass is 344 g/mol. The molecular formula is C20H32N4O. The lowest BCUT2D eigenvalue weighted by Gasteiger charge is -2.41. The van der Waals surface area contributed by atoms with E-state index >= 15 is 0 Å². The number of benzene rings is 1. The van der Waals surface area contributed by atoms with Gasteiger partial charge in [0.1, 0.15) is 0 Å². The van der Waals surface area contributed by atoms with Crippen molar-refractivity contribution in [1.82, 2.24) is 10.6 Å². The summed E-state index contributed by atoms with van der Waals surface area (Å²) in [6.07, 6.45) is 5.20. The van der Waals surface area contributed by atoms with E-state index in [4.69, 9.17) is 0 Å². The largest absolute Gasteiger partial charge is 0.356 e. The summed E-state index contributed by atoms with van der Waals surface area (Å²) >= 11 is 0. The number of carbonyl (C=O) groups is 1. The Morgan fingerprint density at radius 3 is 2.36 bits per heavy atom. The maximum atomic E-state index is 11.7. The minimum absolute atomic E-state index is 0.0159. The van der Waals surface area contributed by atoms with Crippen LogP contribution in [0.3, 0.4) is 0 Å². The Morgan fingerprint density at radius 2 is 1.88 bits per heavy atom. The minimum atomic E-state index is -0.0159. The van der Waals surface area contributed by atoms with Gasteiger partial charge in [-0.2, -0.15) is 0 Å². The molecule has 1 aliphatic carbocycles. The summed E-state index contributed by atoms with van der Waals surface area (Å²) in [6.45, 7) is 7.74. The van der Waals surface area contributed by atoms with E-state index in [1.54, 1.807) is 7.05 Å². The Kier molecular flexibility index (Phi) is 6.85. The molecule has 3 N–H and O–H groups in total. The molecule has 1 aromatic rings. The molecule has 1 amide bonds. The summed E-state index contributed by atoms with van der Waals surface area (Å²) in [7, 11) is 1.80. The van der Waals surface area contributed by atoms with Crippen LogP contribution in [0.15, 0.2) is 29.3 Å². The van der Waals surface area contributed by atoms with Gasteiger partial charge in [0.2, 0.25) is 5.91 Å². The second kappa shape index (κ2) is 8.88. The molecule has 1 aliphatic rings. The van der Waals surface area contributed by atoms with Crippen LogP contribution in [0.5, 0.6) is 0 Å². The molecule has 0 aromatic heterocycles. The highest BCUT2D eigenvalue weighted by Gasteiger charge is 2.34. The van der Waals surface area contributed by atoms with E-state index < -0.39 is 0 Å². The van der Waals surface area contributed by atoms with E-state index in [1.807, 2.05) is 38.1 Å². The normalized spacial score (nSPS) is 16.3. The highest BCUT2D eigenvalue weighted by atomic mass is 16.1. The van der Waals surface area contributed by atoms with Crippen molar-refractivity contribution in [3.05, 3.63) is 29.8 Å². The average molecular weight is 345 g/mol. The molecule has 0 heterocycles. The maximum Gasteiger partial charge on any atom is 0.226 e. The van der Waals surface area contributed by atoms with Gasteiger partial charge in [-0.15, -0.1) is 0 Å². The van der Waals surface area contributed by atoms with Crippen LogP contribution in [0.2, 0.25) is 0 Å². The Balaban J connectivity index is 1.80. The Bertz CT molecular complexity index is 583. The van der Waals surface area contributed by atoms with E-state index in [0.717, 1.165) is 23.8 Å². The van der Waals surface area contributed by atoms with Gasteiger partial charge in [-0.25, -0.2) is 0 Å². The van der Waals surface area contributed by atoms with Crippen molar-refractivity contribution in [3.63, 3.8) is 0 Å². The fourth-order valence-electron chi connectivity index (χ4n) is 3.00. The summed E-state index contributed by atoms with van der Waals surface area (Å²) in [5.41, 5.74) is 2.45. The number of nitrogens with one attached hydrogen (secondary N) is 3. The molecule has 138 valence electrons. The molecule has 2 rings (SSSR count). The molecule has 0 saturated heterocycles. The Hall–Kier alpha value is -2.04. The van der Waals surface area contributed by atoms with Gasteiger partial charge in [0.05, 0.1) is 0 Å². The average Bonchev–Trinajstić information content (AvgIpc) is 2.58. The molecule has 5 heteroatoms. The Morgan fingerprint density at radius 1 is 1.20 bits per heavy atom. The quantitative estimate of drug-likeness (QED) is 0.524. The number of guanidine groups is 1. The van der Waals surface area contributed by atoms with Gasteiger partial charge in [0.25, 0.3) is 0 Å². The maximum absolute atomic E-state index is 11.7. The minimum Gasteiger partial charge on any atom is -0.356 e. The number of hydrogen-bond donors (Lipinski definition) is 3. The second-order valence-electron chi connectivity index (χ2n) is 7.33. The standard InChI is InChI=1S/C20H32N4O/c1-5-20(11-6-12-20)14-23-19(21-4)22-13-16-7-9-17(10-8-16)24-18(25)15(2)3/h7-10,15H,5-6,11-14H2,1-4H3,(H,24,25)(H2,21,22,23). The first kappa shape index (κ1) is 19.3. The SMILES string of the molecule is CCC1(CNC(=NC)NCc2ccc(NC(=O)C(C)C)cc2)CCC1. The van der Waals surface area contributed by atoms with Crippen LogP contribution in [0.4, 0.5) is 5.69 Å². The third kappa shape index (κ3) is 5.48. The van der Waals surface area contributed by atoms with Crippen LogP contribution in [0.25, 0.3) is 0 Å². The third-order valence-electron chi connectivity index (χ3n) is 5.22. The highest BCUT2D eigenvalue weighted by Crippen LogP contribution is 2.42. The molecule has 1 fully saturated rings. The molecule has 5 nitrogen and oxygen atoms in total. The van der Waals surface area contributed by atoms with Crippen LogP contribution in [-0.4, -0.2) is 25.5 Å². The van der Waals surface area contributed by atoms with Gasteiger partial charge in [0.15, 0.2) is 5.96 Å². The number of anilines is 1. The molecule has 0 unspecified atom stereocenters. The van der Waals surface area contributed by atoms with Crippen LogP contribution < -0.4 is 16.0 Å². The predicted octanol–water partition coefficient (Wildman–Crippen LogP) is 3.53. The fraction of sp³-hybridized carbons (Fsp3) is 0.600. The first-order valence-corrected chi connectivity index (χ1v) is 9.32. The van der Waals surface area contributed by atoms with E-state index in [2.05, 4.69) is 27.9 Å². The first-order valence-electron chi connectivity index (χ1n) is 9.32. The third-order valence-corrected chi connectivity index (χ3v) is 5.22. The van der Waals surface area contributed by atoms with E-state index in [9.17, 15) is 4.79 Å². The van der Waals surface area contributed by atoms with Crippen molar-refractivity contribution in [2.24, 2.45) is 16.3 Å². The van der Waals surface area contributed by atoms with Crippen LogP contribution in [0, 0.1) is 11.3 Å². The van der Waals surface area contributed by atoms with Gasteiger partial charge in [-0.05, 0) is 42.4 Å².